The van der Waals surface area contributed by atoms with Crippen LogP contribution in [0.4, 0.5) is 0 Å². The zero-order valence-corrected chi connectivity index (χ0v) is 11.9. The second-order valence-corrected chi connectivity index (χ2v) is 6.25. The van der Waals surface area contributed by atoms with Crippen LogP contribution in [0.2, 0.25) is 0 Å². The van der Waals surface area contributed by atoms with Crippen LogP contribution in [0.5, 0.6) is 0 Å². The lowest BCUT2D eigenvalue weighted by atomic mass is 10.0. The maximum absolute atomic E-state index is 6.21. The molecule has 1 aromatic rings. The number of nitrogens with two attached hydrogens (primary N) is 1. The van der Waals surface area contributed by atoms with Crippen molar-refractivity contribution in [3.05, 3.63) is 35.4 Å². The fourth-order valence-electron chi connectivity index (χ4n) is 2.79. The van der Waals surface area contributed by atoms with Gasteiger partial charge in [-0.2, -0.15) is 0 Å². The summed E-state index contributed by atoms with van der Waals surface area (Å²) in [5, 5.41) is 0. The molecule has 0 bridgehead atoms. The minimum absolute atomic E-state index is 0.00991. The molecule has 1 saturated heterocycles. The van der Waals surface area contributed by atoms with E-state index in [-0.39, 0.29) is 5.54 Å². The zero-order chi connectivity index (χ0) is 13.3. The van der Waals surface area contributed by atoms with Crippen LogP contribution >= 0.6 is 0 Å². The Labute approximate surface area is 116 Å². The smallest absolute Gasteiger partial charge is 0.0411 e. The van der Waals surface area contributed by atoms with Crippen molar-refractivity contribution < 1.29 is 0 Å². The third-order valence-electron chi connectivity index (χ3n) is 4.63. The van der Waals surface area contributed by atoms with Crippen molar-refractivity contribution in [1.29, 1.82) is 0 Å². The molecule has 1 saturated carbocycles. The summed E-state index contributed by atoms with van der Waals surface area (Å²) in [5.41, 5.74) is 8.97. The van der Waals surface area contributed by atoms with E-state index >= 15 is 0 Å². The van der Waals surface area contributed by atoms with Gasteiger partial charge in [0.25, 0.3) is 0 Å². The SMILES string of the molecule is CN1CCN(CCc2ccc(C3(N)CC3)cc2)CC1. The summed E-state index contributed by atoms with van der Waals surface area (Å²) in [6, 6.07) is 8.98. The summed E-state index contributed by atoms with van der Waals surface area (Å²) in [7, 11) is 2.20. The third-order valence-corrected chi connectivity index (χ3v) is 4.63. The Morgan fingerprint density at radius 3 is 2.26 bits per heavy atom. The predicted molar refractivity (Wildman–Crippen MR) is 79.2 cm³/mol. The Kier molecular flexibility index (Phi) is 3.61. The molecule has 1 aromatic carbocycles. The van der Waals surface area contributed by atoms with Crippen LogP contribution in [-0.2, 0) is 12.0 Å². The molecule has 0 aromatic heterocycles. The maximum atomic E-state index is 6.21. The van der Waals surface area contributed by atoms with Gasteiger partial charge in [-0.05, 0) is 37.4 Å². The molecule has 19 heavy (non-hydrogen) atoms. The van der Waals surface area contributed by atoms with Gasteiger partial charge in [0.05, 0.1) is 0 Å². The van der Waals surface area contributed by atoms with Crippen molar-refractivity contribution in [1.82, 2.24) is 9.80 Å². The van der Waals surface area contributed by atoms with Gasteiger partial charge in [-0.25, -0.2) is 0 Å². The van der Waals surface area contributed by atoms with Crippen LogP contribution in [0, 0.1) is 0 Å². The monoisotopic (exact) mass is 259 g/mol. The van der Waals surface area contributed by atoms with Gasteiger partial charge in [-0.3, -0.25) is 0 Å². The van der Waals surface area contributed by atoms with E-state index in [0.717, 1.165) is 19.3 Å². The highest BCUT2D eigenvalue weighted by Gasteiger charge is 2.39. The number of rotatable bonds is 4. The average Bonchev–Trinajstić information content (AvgIpc) is 3.18. The molecule has 3 heteroatoms. The number of piperazine rings is 1. The van der Waals surface area contributed by atoms with Gasteiger partial charge in [0.15, 0.2) is 0 Å². The van der Waals surface area contributed by atoms with Crippen LogP contribution in [0.1, 0.15) is 24.0 Å². The normalized spacial score (nSPS) is 23.5. The topological polar surface area (TPSA) is 32.5 Å². The third kappa shape index (κ3) is 3.16. The van der Waals surface area contributed by atoms with Crippen molar-refractivity contribution in [2.24, 2.45) is 5.73 Å². The highest BCUT2D eigenvalue weighted by atomic mass is 15.2. The Bertz CT molecular complexity index is 414. The van der Waals surface area contributed by atoms with Gasteiger partial charge in [-0.1, -0.05) is 24.3 Å². The van der Waals surface area contributed by atoms with Crippen molar-refractivity contribution in [3.8, 4) is 0 Å². The molecule has 0 atom stereocenters. The minimum Gasteiger partial charge on any atom is -0.321 e. The molecule has 0 amide bonds. The summed E-state index contributed by atoms with van der Waals surface area (Å²) in [4.78, 5) is 4.97. The summed E-state index contributed by atoms with van der Waals surface area (Å²) in [6.45, 7) is 6.01. The molecule has 3 rings (SSSR count). The zero-order valence-electron chi connectivity index (χ0n) is 11.9. The number of nitrogens with zero attached hydrogens (tertiary/aromatic N) is 2. The van der Waals surface area contributed by atoms with Crippen molar-refractivity contribution in [2.75, 3.05) is 39.8 Å². The van der Waals surface area contributed by atoms with Gasteiger partial charge in [0, 0.05) is 38.3 Å². The van der Waals surface area contributed by atoms with E-state index in [2.05, 4.69) is 41.1 Å². The van der Waals surface area contributed by atoms with E-state index in [0.29, 0.717) is 0 Å². The standard InChI is InChI=1S/C16H25N3/c1-18-10-12-19(13-11-18)9-6-14-2-4-15(5-3-14)16(17)7-8-16/h2-5H,6-13,17H2,1H3. The first-order valence-electron chi connectivity index (χ1n) is 7.45. The van der Waals surface area contributed by atoms with E-state index in [1.165, 1.54) is 43.9 Å². The molecule has 0 radical (unpaired) electrons. The Morgan fingerprint density at radius 2 is 1.68 bits per heavy atom. The Hall–Kier alpha value is -0.900. The van der Waals surface area contributed by atoms with Crippen LogP contribution in [0.3, 0.4) is 0 Å². The maximum Gasteiger partial charge on any atom is 0.0411 e. The van der Waals surface area contributed by atoms with E-state index < -0.39 is 0 Å². The van der Waals surface area contributed by atoms with E-state index in [1.54, 1.807) is 0 Å². The van der Waals surface area contributed by atoms with Crippen LogP contribution < -0.4 is 5.73 Å². The summed E-state index contributed by atoms with van der Waals surface area (Å²) in [5.74, 6) is 0. The molecule has 2 aliphatic rings. The number of hydrogen-bond donors (Lipinski definition) is 1. The largest absolute Gasteiger partial charge is 0.321 e. The lowest BCUT2D eigenvalue weighted by molar-refractivity contribution is 0.155. The predicted octanol–water partition coefficient (Wildman–Crippen LogP) is 1.42. The molecule has 0 unspecified atom stereocenters. The van der Waals surface area contributed by atoms with Gasteiger partial charge in [0.2, 0.25) is 0 Å². The molecular formula is C16H25N3. The van der Waals surface area contributed by atoms with Gasteiger partial charge in [-0.15, -0.1) is 0 Å². The Morgan fingerprint density at radius 1 is 1.05 bits per heavy atom. The van der Waals surface area contributed by atoms with Crippen LogP contribution in [0.15, 0.2) is 24.3 Å². The first-order valence-corrected chi connectivity index (χ1v) is 7.45. The fraction of sp³-hybridized carbons (Fsp3) is 0.625. The quantitative estimate of drug-likeness (QED) is 0.888. The number of hydrogen-bond acceptors (Lipinski definition) is 3. The molecule has 2 N–H and O–H groups in total. The second-order valence-electron chi connectivity index (χ2n) is 6.25. The lowest BCUT2D eigenvalue weighted by Gasteiger charge is -2.32. The Balaban J connectivity index is 1.50. The fourth-order valence-corrected chi connectivity index (χ4v) is 2.79. The van der Waals surface area contributed by atoms with Gasteiger partial charge in [0.1, 0.15) is 0 Å². The summed E-state index contributed by atoms with van der Waals surface area (Å²) < 4.78 is 0. The van der Waals surface area contributed by atoms with E-state index in [9.17, 15) is 0 Å². The second kappa shape index (κ2) is 5.23. The average molecular weight is 259 g/mol. The molecule has 3 nitrogen and oxygen atoms in total. The van der Waals surface area contributed by atoms with Crippen molar-refractivity contribution in [2.45, 2.75) is 24.8 Å². The van der Waals surface area contributed by atoms with E-state index in [1.807, 2.05) is 0 Å². The number of likely N-dealkylation sites (N-methyl/N-ethyl adjacent to an activating group) is 1. The molecular weight excluding hydrogens is 234 g/mol. The van der Waals surface area contributed by atoms with Gasteiger partial charge >= 0.3 is 0 Å². The summed E-state index contributed by atoms with van der Waals surface area (Å²) >= 11 is 0. The van der Waals surface area contributed by atoms with E-state index in [4.69, 9.17) is 5.73 Å². The van der Waals surface area contributed by atoms with Crippen molar-refractivity contribution >= 4 is 0 Å². The van der Waals surface area contributed by atoms with Crippen LogP contribution in [-0.4, -0.2) is 49.6 Å². The number of benzene rings is 1. The molecule has 1 heterocycles. The highest BCUT2D eigenvalue weighted by molar-refractivity contribution is 5.32. The minimum atomic E-state index is 0.00991. The summed E-state index contributed by atoms with van der Waals surface area (Å²) in [6.07, 6.45) is 3.45. The molecule has 104 valence electrons. The van der Waals surface area contributed by atoms with Crippen molar-refractivity contribution in [3.63, 3.8) is 0 Å². The van der Waals surface area contributed by atoms with Gasteiger partial charge < -0.3 is 15.5 Å². The molecule has 1 aliphatic carbocycles. The highest BCUT2D eigenvalue weighted by Crippen LogP contribution is 2.42. The first kappa shape index (κ1) is 13.1. The molecule has 2 fully saturated rings. The van der Waals surface area contributed by atoms with Crippen LogP contribution in [0.25, 0.3) is 0 Å². The lowest BCUT2D eigenvalue weighted by Crippen LogP contribution is -2.45. The first-order chi connectivity index (χ1) is 9.16. The molecule has 1 aliphatic heterocycles. The molecule has 0 spiro atoms.